The monoisotopic (exact) mass is 311 g/mol. The average Bonchev–Trinajstić information content (AvgIpc) is 2.71. The third kappa shape index (κ3) is 2.21. The number of ether oxygens (including phenoxy) is 1. The summed E-state index contributed by atoms with van der Waals surface area (Å²) >= 11 is 5.60. The van der Waals surface area contributed by atoms with Crippen LogP contribution < -0.4 is 0 Å². The summed E-state index contributed by atoms with van der Waals surface area (Å²) < 4.78 is 32.7. The Hall–Kier alpha value is -1.18. The van der Waals surface area contributed by atoms with Crippen LogP contribution in [0.5, 0.6) is 0 Å². The van der Waals surface area contributed by atoms with Gasteiger partial charge in [-0.1, -0.05) is 0 Å². The van der Waals surface area contributed by atoms with Crippen molar-refractivity contribution in [1.82, 2.24) is 4.98 Å². The van der Waals surface area contributed by atoms with E-state index >= 15 is 0 Å². The van der Waals surface area contributed by atoms with Crippen molar-refractivity contribution >= 4 is 48.4 Å². The van der Waals surface area contributed by atoms with Gasteiger partial charge in [-0.05, 0) is 18.5 Å². The molecule has 6 nitrogen and oxygen atoms in total. The maximum atomic E-state index is 11.6. The largest absolute Gasteiger partial charge is 0.461 e. The molecule has 2 heterocycles. The Balaban J connectivity index is 2.74. The quantitative estimate of drug-likeness (QED) is 0.695. The van der Waals surface area contributed by atoms with Crippen LogP contribution in [-0.4, -0.2) is 26.0 Å². The van der Waals surface area contributed by atoms with Crippen molar-refractivity contribution in [3.63, 3.8) is 0 Å². The number of carbonyl (C=O) groups excluding carboxylic acids is 1. The second kappa shape index (κ2) is 4.49. The molecule has 0 spiro atoms. The van der Waals surface area contributed by atoms with E-state index < -0.39 is 19.9 Å². The standard InChI is InChI=1S/C9H7Cl2NO5S/c1-2-16-9(13)6-8(18(11,14)15)7-4(12-6)3-5(10)17-7/h3,12H,2H2,1H3. The van der Waals surface area contributed by atoms with Gasteiger partial charge in [0.25, 0.3) is 9.05 Å². The van der Waals surface area contributed by atoms with Gasteiger partial charge in [0.2, 0.25) is 0 Å². The molecule has 0 aliphatic rings. The fourth-order valence-corrected chi connectivity index (χ4v) is 2.89. The van der Waals surface area contributed by atoms with E-state index in [0.717, 1.165) is 0 Å². The Morgan fingerprint density at radius 3 is 2.78 bits per heavy atom. The highest BCUT2D eigenvalue weighted by molar-refractivity contribution is 8.14. The molecule has 0 aliphatic heterocycles. The lowest BCUT2D eigenvalue weighted by Gasteiger charge is -2.00. The Kier molecular flexibility index (Phi) is 3.31. The first-order chi connectivity index (χ1) is 8.34. The van der Waals surface area contributed by atoms with Gasteiger partial charge in [-0.2, -0.15) is 0 Å². The fraction of sp³-hybridized carbons (Fsp3) is 0.222. The number of esters is 1. The molecule has 98 valence electrons. The van der Waals surface area contributed by atoms with Crippen molar-refractivity contribution in [3.8, 4) is 0 Å². The number of rotatable bonds is 3. The molecule has 0 aliphatic carbocycles. The third-order valence-electron chi connectivity index (χ3n) is 2.12. The molecule has 0 radical (unpaired) electrons. The van der Waals surface area contributed by atoms with Gasteiger partial charge >= 0.3 is 5.97 Å². The molecular formula is C9H7Cl2NO5S. The first-order valence-corrected chi connectivity index (χ1v) is 7.46. The van der Waals surface area contributed by atoms with Crippen LogP contribution >= 0.6 is 22.3 Å². The highest BCUT2D eigenvalue weighted by atomic mass is 35.7. The van der Waals surface area contributed by atoms with Gasteiger partial charge in [0, 0.05) is 16.7 Å². The lowest BCUT2D eigenvalue weighted by atomic mass is 10.4. The van der Waals surface area contributed by atoms with Crippen LogP contribution in [-0.2, 0) is 13.8 Å². The molecule has 0 fully saturated rings. The normalized spacial score (nSPS) is 11.9. The van der Waals surface area contributed by atoms with E-state index in [1.807, 2.05) is 0 Å². The third-order valence-corrected chi connectivity index (χ3v) is 3.64. The van der Waals surface area contributed by atoms with Crippen molar-refractivity contribution in [2.45, 2.75) is 11.8 Å². The van der Waals surface area contributed by atoms with Gasteiger partial charge in [0.1, 0.15) is 5.69 Å². The maximum Gasteiger partial charge on any atom is 0.356 e. The summed E-state index contributed by atoms with van der Waals surface area (Å²) in [6.07, 6.45) is 0. The molecule has 2 aromatic rings. The molecule has 0 saturated heterocycles. The number of halogens is 2. The summed E-state index contributed by atoms with van der Waals surface area (Å²) in [5.41, 5.74) is -0.127. The highest BCUT2D eigenvalue weighted by Gasteiger charge is 2.30. The minimum atomic E-state index is -4.18. The highest BCUT2D eigenvalue weighted by Crippen LogP contribution is 2.33. The number of carbonyl (C=O) groups is 1. The van der Waals surface area contributed by atoms with Crippen LogP contribution in [0.4, 0.5) is 0 Å². The molecule has 18 heavy (non-hydrogen) atoms. The number of fused-ring (bicyclic) bond motifs is 1. The van der Waals surface area contributed by atoms with Crippen LogP contribution in [0.1, 0.15) is 17.4 Å². The molecule has 2 rings (SSSR count). The number of aromatic amines is 1. The predicted octanol–water partition coefficient (Wildman–Crippen LogP) is 2.52. The number of hydrogen-bond acceptors (Lipinski definition) is 5. The van der Waals surface area contributed by atoms with Crippen LogP contribution in [0.3, 0.4) is 0 Å². The van der Waals surface area contributed by atoms with Gasteiger partial charge < -0.3 is 14.1 Å². The second-order valence-corrected chi connectivity index (χ2v) is 6.16. The Morgan fingerprint density at radius 2 is 2.22 bits per heavy atom. The van der Waals surface area contributed by atoms with Crippen molar-refractivity contribution in [1.29, 1.82) is 0 Å². The lowest BCUT2D eigenvalue weighted by Crippen LogP contribution is -2.09. The van der Waals surface area contributed by atoms with Crippen molar-refractivity contribution in [2.24, 2.45) is 0 Å². The summed E-state index contributed by atoms with van der Waals surface area (Å²) in [4.78, 5) is 13.7. The van der Waals surface area contributed by atoms with Crippen LogP contribution in [0.15, 0.2) is 15.4 Å². The van der Waals surface area contributed by atoms with Crippen molar-refractivity contribution in [3.05, 3.63) is 17.0 Å². The maximum absolute atomic E-state index is 11.6. The average molecular weight is 312 g/mol. The molecular weight excluding hydrogens is 305 g/mol. The minimum Gasteiger partial charge on any atom is -0.461 e. The predicted molar refractivity (Wildman–Crippen MR) is 64.6 cm³/mol. The van der Waals surface area contributed by atoms with E-state index in [-0.39, 0.29) is 28.6 Å². The van der Waals surface area contributed by atoms with Crippen LogP contribution in [0.25, 0.3) is 11.1 Å². The second-order valence-electron chi connectivity index (χ2n) is 3.28. The fourth-order valence-electron chi connectivity index (χ4n) is 1.51. The van der Waals surface area contributed by atoms with Gasteiger partial charge in [0.05, 0.1) is 12.1 Å². The minimum absolute atomic E-state index is 0.0202. The van der Waals surface area contributed by atoms with Crippen LogP contribution in [0, 0.1) is 0 Å². The molecule has 0 bridgehead atoms. The number of nitrogens with one attached hydrogen (secondary N) is 1. The van der Waals surface area contributed by atoms with Gasteiger partial charge in [-0.3, -0.25) is 0 Å². The molecule has 0 unspecified atom stereocenters. The van der Waals surface area contributed by atoms with E-state index in [4.69, 9.17) is 31.4 Å². The van der Waals surface area contributed by atoms with Crippen molar-refractivity contribution < 1.29 is 22.4 Å². The number of aromatic nitrogens is 1. The lowest BCUT2D eigenvalue weighted by molar-refractivity contribution is 0.0516. The summed E-state index contributed by atoms with van der Waals surface area (Å²) in [6, 6.07) is 1.34. The number of H-pyrrole nitrogens is 1. The van der Waals surface area contributed by atoms with Crippen molar-refractivity contribution in [2.75, 3.05) is 6.61 Å². The first kappa shape index (κ1) is 13.3. The molecule has 0 aromatic carbocycles. The molecule has 2 aromatic heterocycles. The van der Waals surface area contributed by atoms with E-state index in [2.05, 4.69) is 4.98 Å². The Bertz CT molecular complexity index is 715. The Labute approximate surface area is 111 Å². The van der Waals surface area contributed by atoms with E-state index in [0.29, 0.717) is 0 Å². The van der Waals surface area contributed by atoms with Gasteiger partial charge in [0.15, 0.2) is 15.7 Å². The topological polar surface area (TPSA) is 89.4 Å². The number of hydrogen-bond donors (Lipinski definition) is 1. The van der Waals surface area contributed by atoms with E-state index in [1.54, 1.807) is 6.92 Å². The zero-order valence-corrected chi connectivity index (χ0v) is 11.3. The summed E-state index contributed by atoms with van der Waals surface area (Å²) in [5.74, 6) is -0.834. The zero-order valence-electron chi connectivity index (χ0n) is 8.99. The molecule has 0 amide bonds. The molecule has 9 heteroatoms. The molecule has 0 saturated carbocycles. The van der Waals surface area contributed by atoms with Gasteiger partial charge in [-0.25, -0.2) is 13.2 Å². The van der Waals surface area contributed by atoms with E-state index in [9.17, 15) is 13.2 Å². The van der Waals surface area contributed by atoms with Crippen LogP contribution in [0.2, 0.25) is 5.22 Å². The van der Waals surface area contributed by atoms with Gasteiger partial charge in [-0.15, -0.1) is 0 Å². The van der Waals surface area contributed by atoms with E-state index in [1.165, 1.54) is 6.07 Å². The summed E-state index contributed by atoms with van der Waals surface area (Å²) in [5, 5.41) is -0.0202. The SMILES string of the molecule is CCOC(=O)c1[nH]c2cc(Cl)oc2c1S(=O)(=O)Cl. The Morgan fingerprint density at radius 1 is 1.56 bits per heavy atom. The summed E-state index contributed by atoms with van der Waals surface area (Å²) in [7, 11) is 1.10. The molecule has 1 N–H and O–H groups in total. The molecule has 0 atom stereocenters. The number of furan rings is 1. The smallest absolute Gasteiger partial charge is 0.356 e. The zero-order chi connectivity index (χ0) is 13.5. The first-order valence-electron chi connectivity index (χ1n) is 4.77. The summed E-state index contributed by atoms with van der Waals surface area (Å²) in [6.45, 7) is 1.69.